The van der Waals surface area contributed by atoms with Gasteiger partial charge in [0.25, 0.3) is 11.7 Å². The molecule has 2 saturated heterocycles. The molecule has 31 heavy (non-hydrogen) atoms. The van der Waals surface area contributed by atoms with Crippen molar-refractivity contribution in [2.75, 3.05) is 32.7 Å². The third-order valence-corrected chi connectivity index (χ3v) is 6.66. The van der Waals surface area contributed by atoms with Crippen molar-refractivity contribution in [3.05, 3.63) is 36.0 Å². The van der Waals surface area contributed by atoms with E-state index in [1.807, 2.05) is 33.7 Å². The highest BCUT2D eigenvalue weighted by atomic mass is 16.2. The van der Waals surface area contributed by atoms with Crippen LogP contribution in [0.2, 0.25) is 0 Å². The van der Waals surface area contributed by atoms with E-state index in [0.29, 0.717) is 23.5 Å². The first-order valence-corrected chi connectivity index (χ1v) is 11.5. The number of para-hydroxylation sites is 1. The lowest BCUT2D eigenvalue weighted by atomic mass is 10.1. The van der Waals surface area contributed by atoms with E-state index in [0.717, 1.165) is 57.4 Å². The highest BCUT2D eigenvalue weighted by Crippen LogP contribution is 2.23. The SMILES string of the molecule is CCN1CCC[C@H]1CNC(=O)C(=O)c1cn(CC(=O)N2CCCCC2)c2ccccc12. The molecule has 2 fully saturated rings. The Morgan fingerprint density at radius 3 is 2.58 bits per heavy atom. The van der Waals surface area contributed by atoms with Crippen molar-refractivity contribution in [3.8, 4) is 0 Å². The molecule has 3 heterocycles. The number of carbonyl (C=O) groups excluding carboxylic acids is 3. The van der Waals surface area contributed by atoms with Gasteiger partial charge >= 0.3 is 0 Å². The maximum atomic E-state index is 13.0. The predicted octanol–water partition coefficient (Wildman–Crippen LogP) is 2.44. The van der Waals surface area contributed by atoms with Gasteiger partial charge in [0.15, 0.2) is 0 Å². The first kappa shape index (κ1) is 21.6. The van der Waals surface area contributed by atoms with E-state index >= 15 is 0 Å². The average Bonchev–Trinajstić information content (AvgIpc) is 3.42. The number of likely N-dealkylation sites (N-methyl/N-ethyl adjacent to an activating group) is 1. The highest BCUT2D eigenvalue weighted by Gasteiger charge is 2.27. The predicted molar refractivity (Wildman–Crippen MR) is 120 cm³/mol. The molecule has 0 aliphatic carbocycles. The van der Waals surface area contributed by atoms with Gasteiger partial charge in [0.2, 0.25) is 5.91 Å². The van der Waals surface area contributed by atoms with Gasteiger partial charge in [-0.1, -0.05) is 25.1 Å². The van der Waals surface area contributed by atoms with Crippen LogP contribution in [0.5, 0.6) is 0 Å². The Kier molecular flexibility index (Phi) is 6.70. The number of likely N-dealkylation sites (tertiary alicyclic amines) is 2. The van der Waals surface area contributed by atoms with Crippen molar-refractivity contribution in [3.63, 3.8) is 0 Å². The van der Waals surface area contributed by atoms with Crippen LogP contribution in [0.3, 0.4) is 0 Å². The molecule has 0 bridgehead atoms. The molecule has 1 N–H and O–H groups in total. The number of hydrogen-bond donors (Lipinski definition) is 1. The fourth-order valence-corrected chi connectivity index (χ4v) is 4.90. The number of amides is 2. The van der Waals surface area contributed by atoms with Gasteiger partial charge in [0.1, 0.15) is 6.54 Å². The number of piperidine rings is 1. The first-order valence-electron chi connectivity index (χ1n) is 11.5. The molecular weight excluding hydrogens is 392 g/mol. The average molecular weight is 425 g/mol. The van der Waals surface area contributed by atoms with E-state index in [1.165, 1.54) is 6.42 Å². The van der Waals surface area contributed by atoms with Gasteiger partial charge in [-0.2, -0.15) is 0 Å². The van der Waals surface area contributed by atoms with Crippen LogP contribution >= 0.6 is 0 Å². The fourth-order valence-electron chi connectivity index (χ4n) is 4.90. The smallest absolute Gasteiger partial charge is 0.292 e. The first-order chi connectivity index (χ1) is 15.1. The Bertz CT molecular complexity index is 961. The number of aromatic nitrogens is 1. The van der Waals surface area contributed by atoms with Gasteiger partial charge in [-0.25, -0.2) is 0 Å². The van der Waals surface area contributed by atoms with Crippen molar-refractivity contribution >= 4 is 28.5 Å². The summed E-state index contributed by atoms with van der Waals surface area (Å²) in [6.45, 7) is 6.37. The van der Waals surface area contributed by atoms with Crippen LogP contribution in [0, 0.1) is 0 Å². The summed E-state index contributed by atoms with van der Waals surface area (Å²) in [6, 6.07) is 7.77. The second-order valence-corrected chi connectivity index (χ2v) is 8.59. The summed E-state index contributed by atoms with van der Waals surface area (Å²) in [6.07, 6.45) is 7.08. The van der Waals surface area contributed by atoms with Crippen LogP contribution in [-0.4, -0.2) is 70.7 Å². The third kappa shape index (κ3) is 4.66. The molecular formula is C24H32N4O3. The van der Waals surface area contributed by atoms with Gasteiger partial charge in [0, 0.05) is 42.8 Å². The number of hydrogen-bond acceptors (Lipinski definition) is 4. The second kappa shape index (κ2) is 9.64. The fraction of sp³-hybridized carbons (Fsp3) is 0.542. The Morgan fingerprint density at radius 1 is 1.03 bits per heavy atom. The molecule has 7 heteroatoms. The number of nitrogens with zero attached hydrogens (tertiary/aromatic N) is 3. The minimum atomic E-state index is -0.576. The van der Waals surface area contributed by atoms with Gasteiger partial charge in [-0.05, 0) is 51.3 Å². The Labute approximate surface area is 183 Å². The molecule has 2 aliphatic rings. The van der Waals surface area contributed by atoms with Crippen LogP contribution < -0.4 is 5.32 Å². The minimum absolute atomic E-state index is 0.0600. The molecule has 7 nitrogen and oxygen atoms in total. The Hall–Kier alpha value is -2.67. The topological polar surface area (TPSA) is 74.6 Å². The minimum Gasteiger partial charge on any atom is -0.348 e. The molecule has 0 radical (unpaired) electrons. The highest BCUT2D eigenvalue weighted by molar-refractivity contribution is 6.45. The lowest BCUT2D eigenvalue weighted by Crippen LogP contribution is -2.42. The van der Waals surface area contributed by atoms with Crippen molar-refractivity contribution in [1.82, 2.24) is 19.7 Å². The molecule has 4 rings (SSSR count). The monoisotopic (exact) mass is 424 g/mol. The lowest BCUT2D eigenvalue weighted by Gasteiger charge is -2.27. The molecule has 1 atom stereocenters. The lowest BCUT2D eigenvalue weighted by molar-refractivity contribution is -0.132. The second-order valence-electron chi connectivity index (χ2n) is 8.59. The molecule has 0 saturated carbocycles. The zero-order valence-corrected chi connectivity index (χ0v) is 18.3. The zero-order chi connectivity index (χ0) is 21.8. The van der Waals surface area contributed by atoms with Gasteiger partial charge in [-0.15, -0.1) is 0 Å². The van der Waals surface area contributed by atoms with E-state index in [-0.39, 0.29) is 12.5 Å². The number of rotatable bonds is 7. The number of benzene rings is 1. The van der Waals surface area contributed by atoms with Crippen LogP contribution in [0.1, 0.15) is 49.4 Å². The summed E-state index contributed by atoms with van der Waals surface area (Å²) in [5, 5.41) is 3.55. The molecule has 0 spiro atoms. The summed E-state index contributed by atoms with van der Waals surface area (Å²) in [5.41, 5.74) is 1.16. The Morgan fingerprint density at radius 2 is 1.81 bits per heavy atom. The summed E-state index contributed by atoms with van der Waals surface area (Å²) in [7, 11) is 0. The zero-order valence-electron chi connectivity index (χ0n) is 18.3. The van der Waals surface area contributed by atoms with E-state index in [9.17, 15) is 14.4 Å². The van der Waals surface area contributed by atoms with Crippen molar-refractivity contribution in [1.29, 1.82) is 0 Å². The number of fused-ring (bicyclic) bond motifs is 1. The number of carbonyl (C=O) groups is 3. The molecule has 2 aliphatic heterocycles. The molecule has 2 amide bonds. The molecule has 2 aromatic rings. The van der Waals surface area contributed by atoms with E-state index in [2.05, 4.69) is 17.1 Å². The summed E-state index contributed by atoms with van der Waals surface area (Å²) in [5.74, 6) is -1.06. The summed E-state index contributed by atoms with van der Waals surface area (Å²) in [4.78, 5) is 42.6. The standard InChI is InChI=1S/C24H32N4O3/c1-2-26-14-8-9-18(26)15-25-24(31)23(30)20-16-28(21-11-5-4-10-19(20)21)17-22(29)27-12-6-3-7-13-27/h4-5,10-11,16,18H,2-3,6-9,12-15,17H2,1H3,(H,25,31)/t18-/m0/s1. The van der Waals surface area contributed by atoms with Crippen molar-refractivity contribution in [2.45, 2.75) is 51.6 Å². The van der Waals surface area contributed by atoms with E-state index in [1.54, 1.807) is 6.20 Å². The number of Topliss-reactive ketones (excluding diaryl/α,β-unsaturated/α-hetero) is 1. The van der Waals surface area contributed by atoms with Crippen LogP contribution in [0.4, 0.5) is 0 Å². The maximum absolute atomic E-state index is 13.0. The molecule has 1 aromatic heterocycles. The van der Waals surface area contributed by atoms with Gasteiger partial charge < -0.3 is 14.8 Å². The third-order valence-electron chi connectivity index (χ3n) is 6.66. The largest absolute Gasteiger partial charge is 0.348 e. The number of nitrogens with one attached hydrogen (secondary N) is 1. The van der Waals surface area contributed by atoms with E-state index < -0.39 is 11.7 Å². The van der Waals surface area contributed by atoms with Gasteiger partial charge in [-0.3, -0.25) is 19.3 Å². The summed E-state index contributed by atoms with van der Waals surface area (Å²) >= 11 is 0. The van der Waals surface area contributed by atoms with Crippen LogP contribution in [0.15, 0.2) is 30.5 Å². The van der Waals surface area contributed by atoms with Gasteiger partial charge in [0.05, 0.1) is 5.56 Å². The van der Waals surface area contributed by atoms with Crippen LogP contribution in [0.25, 0.3) is 10.9 Å². The van der Waals surface area contributed by atoms with Crippen molar-refractivity contribution in [2.24, 2.45) is 0 Å². The molecule has 166 valence electrons. The Balaban J connectivity index is 1.48. The van der Waals surface area contributed by atoms with Crippen molar-refractivity contribution < 1.29 is 14.4 Å². The van der Waals surface area contributed by atoms with E-state index in [4.69, 9.17) is 0 Å². The maximum Gasteiger partial charge on any atom is 0.292 e. The molecule has 0 unspecified atom stereocenters. The normalized spacial score (nSPS) is 19.6. The summed E-state index contributed by atoms with van der Waals surface area (Å²) < 4.78 is 1.81. The van der Waals surface area contributed by atoms with Crippen LogP contribution in [-0.2, 0) is 16.1 Å². The molecule has 1 aromatic carbocycles. The number of ketones is 1. The quantitative estimate of drug-likeness (QED) is 0.547.